The summed E-state index contributed by atoms with van der Waals surface area (Å²) in [5.74, 6) is 2.23. The minimum Gasteiger partial charge on any atom is -0.493 e. The maximum absolute atomic E-state index is 12.4. The molecule has 0 aromatic heterocycles. The van der Waals surface area contributed by atoms with Crippen molar-refractivity contribution in [3.8, 4) is 17.2 Å². The van der Waals surface area contributed by atoms with Crippen LogP contribution in [0.5, 0.6) is 17.2 Å². The molecule has 0 spiro atoms. The highest BCUT2D eigenvalue weighted by Crippen LogP contribution is 2.39. The maximum atomic E-state index is 12.4. The number of methoxy groups -OCH3 is 3. The van der Waals surface area contributed by atoms with Gasteiger partial charge in [-0.05, 0) is 24.8 Å². The Morgan fingerprint density at radius 1 is 1.09 bits per heavy atom. The number of ether oxygens (including phenoxy) is 3. The van der Waals surface area contributed by atoms with Crippen molar-refractivity contribution in [2.75, 3.05) is 21.3 Å². The van der Waals surface area contributed by atoms with Crippen LogP contribution in [-0.4, -0.2) is 33.3 Å². The Balaban J connectivity index is 2.11. The van der Waals surface area contributed by atoms with Crippen molar-refractivity contribution in [1.82, 2.24) is 5.32 Å². The van der Waals surface area contributed by atoms with Gasteiger partial charge in [-0.3, -0.25) is 4.79 Å². The molecule has 0 radical (unpaired) electrons. The van der Waals surface area contributed by atoms with Gasteiger partial charge >= 0.3 is 0 Å². The minimum atomic E-state index is 0.0225. The first-order chi connectivity index (χ1) is 11.1. The smallest absolute Gasteiger partial charge is 0.224 e. The van der Waals surface area contributed by atoms with Crippen LogP contribution in [0.15, 0.2) is 12.1 Å². The lowest BCUT2D eigenvalue weighted by atomic mass is 9.86. The molecule has 1 N–H and O–H groups in total. The Bertz CT molecular complexity index is 544. The van der Waals surface area contributed by atoms with E-state index < -0.39 is 0 Å². The number of carbonyl (C=O) groups is 1. The lowest BCUT2D eigenvalue weighted by Gasteiger charge is -2.29. The van der Waals surface area contributed by atoms with Crippen LogP contribution in [0.25, 0.3) is 0 Å². The van der Waals surface area contributed by atoms with E-state index in [1.165, 1.54) is 19.3 Å². The Kier molecular flexibility index (Phi) is 6.13. The SMILES string of the molecule is COc1ccc(CC(=O)N[C@@H]2CCCC[C@@H]2C)c(OC)c1OC. The molecule has 5 heteroatoms. The average Bonchev–Trinajstić information content (AvgIpc) is 2.56. The second kappa shape index (κ2) is 8.09. The largest absolute Gasteiger partial charge is 0.493 e. The first kappa shape index (κ1) is 17.4. The first-order valence-corrected chi connectivity index (χ1v) is 8.17. The summed E-state index contributed by atoms with van der Waals surface area (Å²) in [6.45, 7) is 2.21. The molecule has 23 heavy (non-hydrogen) atoms. The molecule has 1 aliphatic rings. The first-order valence-electron chi connectivity index (χ1n) is 8.17. The number of amides is 1. The summed E-state index contributed by atoms with van der Waals surface area (Å²) in [5.41, 5.74) is 0.797. The minimum absolute atomic E-state index is 0.0225. The van der Waals surface area contributed by atoms with Crippen molar-refractivity contribution in [2.45, 2.75) is 45.1 Å². The van der Waals surface area contributed by atoms with Crippen molar-refractivity contribution in [3.05, 3.63) is 17.7 Å². The normalized spacial score (nSPS) is 20.7. The zero-order valence-electron chi connectivity index (χ0n) is 14.5. The molecule has 1 saturated carbocycles. The Labute approximate surface area is 138 Å². The van der Waals surface area contributed by atoms with Crippen molar-refractivity contribution in [1.29, 1.82) is 0 Å². The van der Waals surface area contributed by atoms with Gasteiger partial charge in [0.15, 0.2) is 11.5 Å². The number of rotatable bonds is 6. The second-order valence-corrected chi connectivity index (χ2v) is 6.11. The predicted octanol–water partition coefficient (Wildman–Crippen LogP) is 2.95. The van der Waals surface area contributed by atoms with Crippen molar-refractivity contribution in [3.63, 3.8) is 0 Å². The Hall–Kier alpha value is -1.91. The van der Waals surface area contributed by atoms with E-state index in [-0.39, 0.29) is 18.4 Å². The summed E-state index contributed by atoms with van der Waals surface area (Å²) in [7, 11) is 4.71. The summed E-state index contributed by atoms with van der Waals surface area (Å²) in [5, 5.41) is 3.17. The van der Waals surface area contributed by atoms with E-state index >= 15 is 0 Å². The molecular formula is C18H27NO4. The van der Waals surface area contributed by atoms with Gasteiger partial charge in [0, 0.05) is 11.6 Å². The zero-order chi connectivity index (χ0) is 16.8. The van der Waals surface area contributed by atoms with E-state index in [2.05, 4.69) is 12.2 Å². The number of benzene rings is 1. The third-order valence-electron chi connectivity index (χ3n) is 4.59. The van der Waals surface area contributed by atoms with E-state index in [1.54, 1.807) is 27.4 Å². The van der Waals surface area contributed by atoms with Crippen LogP contribution >= 0.6 is 0 Å². The molecule has 128 valence electrons. The van der Waals surface area contributed by atoms with Gasteiger partial charge in [-0.15, -0.1) is 0 Å². The van der Waals surface area contributed by atoms with E-state index in [0.29, 0.717) is 23.2 Å². The lowest BCUT2D eigenvalue weighted by molar-refractivity contribution is -0.121. The molecule has 1 aliphatic carbocycles. The fraction of sp³-hybridized carbons (Fsp3) is 0.611. The van der Waals surface area contributed by atoms with Crippen LogP contribution in [0, 0.1) is 5.92 Å². The average molecular weight is 321 g/mol. The van der Waals surface area contributed by atoms with Crippen molar-refractivity contribution < 1.29 is 19.0 Å². The van der Waals surface area contributed by atoms with Gasteiger partial charge in [-0.1, -0.05) is 25.8 Å². The summed E-state index contributed by atoms with van der Waals surface area (Å²) < 4.78 is 16.1. The summed E-state index contributed by atoms with van der Waals surface area (Å²) in [6, 6.07) is 3.93. The van der Waals surface area contributed by atoms with Crippen LogP contribution < -0.4 is 19.5 Å². The molecule has 2 atom stereocenters. The van der Waals surface area contributed by atoms with Gasteiger partial charge in [0.05, 0.1) is 27.8 Å². The van der Waals surface area contributed by atoms with Gasteiger partial charge in [0.1, 0.15) is 0 Å². The standard InChI is InChI=1S/C18H27NO4/c1-12-7-5-6-8-14(12)19-16(20)11-13-9-10-15(21-2)18(23-4)17(13)22-3/h9-10,12,14H,5-8,11H2,1-4H3,(H,19,20)/t12-,14+/m0/s1. The second-order valence-electron chi connectivity index (χ2n) is 6.11. The molecule has 0 aliphatic heterocycles. The van der Waals surface area contributed by atoms with Crippen LogP contribution in [0.1, 0.15) is 38.2 Å². The van der Waals surface area contributed by atoms with Crippen molar-refractivity contribution in [2.24, 2.45) is 5.92 Å². The van der Waals surface area contributed by atoms with Gasteiger partial charge in [-0.2, -0.15) is 0 Å². The molecule has 1 aromatic rings. The number of nitrogens with one attached hydrogen (secondary N) is 1. The molecule has 2 rings (SSSR count). The van der Waals surface area contributed by atoms with Crippen LogP contribution in [0.2, 0.25) is 0 Å². The lowest BCUT2D eigenvalue weighted by Crippen LogP contribution is -2.41. The van der Waals surface area contributed by atoms with E-state index in [9.17, 15) is 4.79 Å². The highest BCUT2D eigenvalue weighted by molar-refractivity contribution is 5.80. The van der Waals surface area contributed by atoms with E-state index in [0.717, 1.165) is 12.0 Å². The number of carbonyl (C=O) groups excluding carboxylic acids is 1. The molecule has 0 heterocycles. The molecule has 0 unspecified atom stereocenters. The quantitative estimate of drug-likeness (QED) is 0.875. The zero-order valence-corrected chi connectivity index (χ0v) is 14.5. The Morgan fingerprint density at radius 3 is 2.39 bits per heavy atom. The van der Waals surface area contributed by atoms with Crippen LogP contribution in [-0.2, 0) is 11.2 Å². The third kappa shape index (κ3) is 4.09. The van der Waals surface area contributed by atoms with Gasteiger partial charge in [0.25, 0.3) is 0 Å². The molecule has 1 aromatic carbocycles. The third-order valence-corrected chi connectivity index (χ3v) is 4.59. The van der Waals surface area contributed by atoms with E-state index in [1.807, 2.05) is 6.07 Å². The maximum Gasteiger partial charge on any atom is 0.224 e. The van der Waals surface area contributed by atoms with E-state index in [4.69, 9.17) is 14.2 Å². The summed E-state index contributed by atoms with van der Waals surface area (Å²) >= 11 is 0. The van der Waals surface area contributed by atoms with Crippen molar-refractivity contribution >= 4 is 5.91 Å². The Morgan fingerprint density at radius 2 is 1.78 bits per heavy atom. The topological polar surface area (TPSA) is 56.8 Å². The molecule has 1 amide bonds. The molecule has 0 saturated heterocycles. The number of hydrogen-bond acceptors (Lipinski definition) is 4. The number of hydrogen-bond donors (Lipinski definition) is 1. The highest BCUT2D eigenvalue weighted by Gasteiger charge is 2.24. The molecular weight excluding hydrogens is 294 g/mol. The highest BCUT2D eigenvalue weighted by atomic mass is 16.5. The molecule has 0 bridgehead atoms. The van der Waals surface area contributed by atoms with Crippen LogP contribution in [0.3, 0.4) is 0 Å². The summed E-state index contributed by atoms with van der Waals surface area (Å²) in [6.07, 6.45) is 4.97. The predicted molar refractivity (Wildman–Crippen MR) is 89.4 cm³/mol. The van der Waals surface area contributed by atoms with Gasteiger partial charge in [-0.25, -0.2) is 0 Å². The summed E-state index contributed by atoms with van der Waals surface area (Å²) in [4.78, 5) is 12.4. The fourth-order valence-electron chi connectivity index (χ4n) is 3.26. The molecule has 5 nitrogen and oxygen atoms in total. The fourth-order valence-corrected chi connectivity index (χ4v) is 3.26. The van der Waals surface area contributed by atoms with Gasteiger partial charge in [0.2, 0.25) is 11.7 Å². The van der Waals surface area contributed by atoms with Gasteiger partial charge < -0.3 is 19.5 Å². The monoisotopic (exact) mass is 321 g/mol. The van der Waals surface area contributed by atoms with Crippen LogP contribution in [0.4, 0.5) is 0 Å². The molecule has 1 fully saturated rings.